The Morgan fingerprint density at radius 2 is 2.55 bits per heavy atom. The summed E-state index contributed by atoms with van der Waals surface area (Å²) < 4.78 is 0. The molecule has 102 valence electrons. The van der Waals surface area contributed by atoms with E-state index in [1.165, 1.54) is 17.7 Å². The first-order valence-corrected chi connectivity index (χ1v) is 7.14. The van der Waals surface area contributed by atoms with Gasteiger partial charge in [0.2, 0.25) is 5.91 Å². The number of nitrogens with one attached hydrogen (secondary N) is 1. The van der Waals surface area contributed by atoms with Gasteiger partial charge in [0.1, 0.15) is 18.2 Å². The van der Waals surface area contributed by atoms with Crippen molar-refractivity contribution in [3.63, 3.8) is 0 Å². The van der Waals surface area contributed by atoms with Crippen molar-refractivity contribution in [3.05, 3.63) is 34.0 Å². The zero-order valence-electron chi connectivity index (χ0n) is 10.9. The predicted molar refractivity (Wildman–Crippen MR) is 72.7 cm³/mol. The fourth-order valence-corrected chi connectivity index (χ4v) is 3.14. The molecular formula is C13H13N5OS. The van der Waals surface area contributed by atoms with Crippen LogP contribution in [-0.2, 0) is 11.3 Å². The number of rotatable bonds is 4. The molecule has 0 aliphatic heterocycles. The molecule has 3 rings (SSSR count). The minimum atomic E-state index is 0.00310. The molecular weight excluding hydrogens is 274 g/mol. The lowest BCUT2D eigenvalue weighted by atomic mass is 10.2. The maximum Gasteiger partial charge on any atom is 0.226 e. The number of hydrogen-bond donors (Lipinski definition) is 1. The van der Waals surface area contributed by atoms with Crippen LogP contribution in [0, 0.1) is 17.2 Å². The molecule has 0 aromatic carbocycles. The van der Waals surface area contributed by atoms with E-state index < -0.39 is 0 Å². The molecule has 0 unspecified atom stereocenters. The highest BCUT2D eigenvalue weighted by Crippen LogP contribution is 2.46. The molecule has 2 aromatic rings. The van der Waals surface area contributed by atoms with Crippen LogP contribution in [-0.4, -0.2) is 33.0 Å². The Balaban J connectivity index is 1.59. The van der Waals surface area contributed by atoms with Gasteiger partial charge in [-0.05, 0) is 12.5 Å². The summed E-state index contributed by atoms with van der Waals surface area (Å²) in [7, 11) is 1.80. The van der Waals surface area contributed by atoms with Crippen molar-refractivity contribution in [1.29, 1.82) is 5.26 Å². The number of aromatic nitrogens is 3. The number of nitriles is 1. The van der Waals surface area contributed by atoms with Gasteiger partial charge < -0.3 is 4.90 Å². The maximum atomic E-state index is 12.3. The molecule has 1 aliphatic rings. The summed E-state index contributed by atoms with van der Waals surface area (Å²) in [5.41, 5.74) is 0.650. The second kappa shape index (κ2) is 5.06. The monoisotopic (exact) mass is 287 g/mol. The topological polar surface area (TPSA) is 85.7 Å². The van der Waals surface area contributed by atoms with Crippen molar-refractivity contribution in [2.75, 3.05) is 7.05 Å². The van der Waals surface area contributed by atoms with E-state index in [4.69, 9.17) is 5.26 Å². The molecule has 1 N–H and O–H groups in total. The fraction of sp³-hybridized carbons (Fsp3) is 0.385. The Labute approximate surface area is 120 Å². The molecule has 2 aromatic heterocycles. The summed E-state index contributed by atoms with van der Waals surface area (Å²) in [4.78, 5) is 19.1. The van der Waals surface area contributed by atoms with Crippen LogP contribution in [0.3, 0.4) is 0 Å². The molecule has 1 aliphatic carbocycles. The molecule has 2 heterocycles. The zero-order valence-corrected chi connectivity index (χ0v) is 11.7. The second-order valence-corrected chi connectivity index (χ2v) is 5.92. The van der Waals surface area contributed by atoms with Crippen molar-refractivity contribution in [3.8, 4) is 6.07 Å². The van der Waals surface area contributed by atoms with E-state index in [9.17, 15) is 4.79 Å². The van der Waals surface area contributed by atoms with E-state index in [0.29, 0.717) is 12.1 Å². The van der Waals surface area contributed by atoms with Crippen LogP contribution in [0.5, 0.6) is 0 Å². The molecule has 2 atom stereocenters. The highest BCUT2D eigenvalue weighted by molar-refractivity contribution is 7.10. The van der Waals surface area contributed by atoms with Gasteiger partial charge in [-0.25, -0.2) is 4.98 Å². The quantitative estimate of drug-likeness (QED) is 0.923. The third kappa shape index (κ3) is 2.42. The first kappa shape index (κ1) is 12.8. The first-order chi connectivity index (χ1) is 9.69. The van der Waals surface area contributed by atoms with Gasteiger partial charge in [0.25, 0.3) is 0 Å². The normalized spacial score (nSPS) is 20.4. The van der Waals surface area contributed by atoms with E-state index in [-0.39, 0.29) is 17.7 Å². The van der Waals surface area contributed by atoms with Gasteiger partial charge >= 0.3 is 0 Å². The Morgan fingerprint density at radius 1 is 1.70 bits per heavy atom. The lowest BCUT2D eigenvalue weighted by Gasteiger charge is -2.16. The number of carbonyl (C=O) groups is 1. The van der Waals surface area contributed by atoms with Gasteiger partial charge in [-0.1, -0.05) is 0 Å². The largest absolute Gasteiger partial charge is 0.340 e. The van der Waals surface area contributed by atoms with Crippen molar-refractivity contribution in [2.45, 2.75) is 18.9 Å². The van der Waals surface area contributed by atoms with Crippen molar-refractivity contribution >= 4 is 17.2 Å². The number of H-pyrrole nitrogens is 1. The average Bonchev–Trinajstić information content (AvgIpc) is 2.89. The van der Waals surface area contributed by atoms with E-state index in [1.807, 2.05) is 11.4 Å². The van der Waals surface area contributed by atoms with E-state index >= 15 is 0 Å². The molecule has 1 amide bonds. The molecule has 0 spiro atoms. The lowest BCUT2D eigenvalue weighted by Crippen LogP contribution is -2.27. The van der Waals surface area contributed by atoms with E-state index in [0.717, 1.165) is 17.1 Å². The van der Waals surface area contributed by atoms with Crippen LogP contribution in [0.1, 0.15) is 28.6 Å². The van der Waals surface area contributed by atoms with Crippen LogP contribution >= 0.6 is 11.3 Å². The van der Waals surface area contributed by atoms with E-state index in [1.54, 1.807) is 11.9 Å². The third-order valence-corrected chi connectivity index (χ3v) is 4.37. The summed E-state index contributed by atoms with van der Waals surface area (Å²) in [6, 6.07) is 3.93. The van der Waals surface area contributed by atoms with Gasteiger partial charge in [0.15, 0.2) is 0 Å². The smallest absolute Gasteiger partial charge is 0.226 e. The van der Waals surface area contributed by atoms with E-state index in [2.05, 4.69) is 21.3 Å². The summed E-state index contributed by atoms with van der Waals surface area (Å²) in [6.07, 6.45) is 2.29. The van der Waals surface area contributed by atoms with Crippen LogP contribution in [0.15, 0.2) is 17.8 Å². The molecule has 20 heavy (non-hydrogen) atoms. The van der Waals surface area contributed by atoms with Crippen molar-refractivity contribution in [1.82, 2.24) is 20.1 Å². The Kier molecular flexibility index (Phi) is 3.24. The third-order valence-electron chi connectivity index (χ3n) is 3.44. The molecule has 1 fully saturated rings. The summed E-state index contributed by atoms with van der Waals surface area (Å²) in [5, 5.41) is 17.2. The first-order valence-electron chi connectivity index (χ1n) is 6.26. The number of carbonyl (C=O) groups excluding carboxylic acids is 1. The molecule has 1 saturated carbocycles. The minimum Gasteiger partial charge on any atom is -0.340 e. The fourth-order valence-electron chi connectivity index (χ4n) is 2.28. The van der Waals surface area contributed by atoms with Gasteiger partial charge in [-0.3, -0.25) is 9.89 Å². The van der Waals surface area contributed by atoms with Gasteiger partial charge in [-0.15, -0.1) is 11.3 Å². The Hall–Kier alpha value is -2.20. The molecule has 0 saturated heterocycles. The Morgan fingerprint density at radius 3 is 3.20 bits per heavy atom. The zero-order chi connectivity index (χ0) is 14.1. The van der Waals surface area contributed by atoms with Crippen molar-refractivity contribution in [2.24, 2.45) is 5.92 Å². The van der Waals surface area contributed by atoms with Gasteiger partial charge in [-0.2, -0.15) is 10.4 Å². The predicted octanol–water partition coefficient (Wildman–Crippen LogP) is 1.50. The number of hydrogen-bond acceptors (Lipinski definition) is 5. The highest BCUT2D eigenvalue weighted by atomic mass is 32.1. The maximum absolute atomic E-state index is 12.3. The number of amides is 1. The minimum absolute atomic E-state index is 0.00310. The summed E-state index contributed by atoms with van der Waals surface area (Å²) in [5.74, 6) is 1.09. The lowest BCUT2D eigenvalue weighted by molar-refractivity contribution is -0.131. The molecule has 0 bridgehead atoms. The summed E-state index contributed by atoms with van der Waals surface area (Å²) >= 11 is 1.51. The van der Waals surface area contributed by atoms with Gasteiger partial charge in [0.05, 0.1) is 12.1 Å². The number of nitrogens with zero attached hydrogens (tertiary/aromatic N) is 4. The molecule has 0 radical (unpaired) electrons. The number of aromatic amines is 1. The standard InChI is InChI=1S/C13H13N5OS/c1-18(5-9-2-8(4-14)6-20-9)13(19)11-3-10(11)12-15-7-16-17-12/h2,6-7,10-11H,3,5H2,1H3,(H,15,16,17)/t10-,11-/m1/s1. The summed E-state index contributed by atoms with van der Waals surface area (Å²) in [6.45, 7) is 0.546. The van der Waals surface area contributed by atoms with Crippen LogP contribution in [0.25, 0.3) is 0 Å². The van der Waals surface area contributed by atoms with Crippen LogP contribution in [0.4, 0.5) is 0 Å². The molecule has 6 nitrogen and oxygen atoms in total. The van der Waals surface area contributed by atoms with Crippen molar-refractivity contribution < 1.29 is 4.79 Å². The SMILES string of the molecule is CN(Cc1cc(C#N)cs1)C(=O)[C@@H]1C[C@H]1c1ncn[nH]1. The Bertz CT molecular complexity index is 657. The number of thiophene rings is 1. The van der Waals surface area contributed by atoms with Gasteiger partial charge in [0, 0.05) is 29.1 Å². The van der Waals surface area contributed by atoms with Crippen LogP contribution in [0.2, 0.25) is 0 Å². The second-order valence-electron chi connectivity index (χ2n) is 4.93. The van der Waals surface area contributed by atoms with Crippen LogP contribution < -0.4 is 0 Å². The molecule has 7 heteroatoms. The highest BCUT2D eigenvalue weighted by Gasteiger charge is 2.47. The average molecular weight is 287 g/mol.